The highest BCUT2D eigenvalue weighted by Crippen LogP contribution is 2.10. The number of ether oxygens (including phenoxy) is 1. The van der Waals surface area contributed by atoms with Crippen LogP contribution in [0.2, 0.25) is 0 Å². The zero-order chi connectivity index (χ0) is 9.28. The largest absolute Gasteiger partial charge is 0.300 e. The molecule has 0 heterocycles. The molecule has 0 aromatic heterocycles. The molecule has 11 heavy (non-hydrogen) atoms. The average Bonchev–Trinajstić information content (AvgIpc) is 1.56. The maximum atomic E-state index is 5.46. The van der Waals surface area contributed by atoms with Crippen LogP contribution in [0.3, 0.4) is 0 Å². The molecule has 6 nitrogen and oxygen atoms in total. The van der Waals surface area contributed by atoms with Crippen LogP contribution in [0, 0.1) is 5.92 Å². The van der Waals surface area contributed by atoms with Crippen LogP contribution in [0.1, 0.15) is 13.8 Å². The average molecular weight is 163 g/mol. The summed E-state index contributed by atoms with van der Waals surface area (Å²) in [6.45, 7) is 3.54. The highest BCUT2D eigenvalue weighted by molar-refractivity contribution is 4.72. The van der Waals surface area contributed by atoms with Gasteiger partial charge in [0.15, 0.2) is 5.85 Å². The molecule has 0 aliphatic heterocycles. The smallest absolute Gasteiger partial charge is 0.230 e. The third kappa shape index (κ3) is 4.25. The van der Waals surface area contributed by atoms with Crippen LogP contribution in [0.25, 0.3) is 0 Å². The first kappa shape index (κ1) is 10.8. The molecule has 0 aliphatic rings. The van der Waals surface area contributed by atoms with Crippen LogP contribution >= 0.6 is 0 Å². The highest BCUT2D eigenvalue weighted by Gasteiger charge is 2.31. The van der Waals surface area contributed by atoms with Crippen molar-refractivity contribution in [1.29, 1.82) is 0 Å². The zero-order valence-electron chi connectivity index (χ0n) is 6.87. The van der Waals surface area contributed by atoms with Crippen LogP contribution in [0.4, 0.5) is 0 Å². The van der Waals surface area contributed by atoms with Crippen molar-refractivity contribution in [3.8, 4) is 0 Å². The molecule has 0 saturated heterocycles. The van der Waals surface area contributed by atoms with Crippen LogP contribution in [0.15, 0.2) is 0 Å². The lowest BCUT2D eigenvalue weighted by Gasteiger charge is -2.34. The van der Waals surface area contributed by atoms with Crippen molar-refractivity contribution >= 4 is 0 Å². The lowest BCUT2D eigenvalue weighted by Crippen LogP contribution is -2.70. The molecule has 68 valence electrons. The van der Waals surface area contributed by atoms with E-state index in [0.29, 0.717) is 0 Å². The van der Waals surface area contributed by atoms with Gasteiger partial charge in [0.25, 0.3) is 0 Å². The Labute approximate surface area is 66.0 Å². The van der Waals surface area contributed by atoms with Gasteiger partial charge >= 0.3 is 0 Å². The van der Waals surface area contributed by atoms with E-state index < -0.39 is 11.8 Å². The van der Waals surface area contributed by atoms with Gasteiger partial charge in [-0.2, -0.15) is 0 Å². The number of hydrogen-bond donors (Lipinski definition) is 5. The second kappa shape index (κ2) is 3.02. The number of rotatable bonds is 3. The van der Waals surface area contributed by atoms with Crippen LogP contribution < -0.4 is 28.7 Å². The molecule has 0 amide bonds. The van der Waals surface area contributed by atoms with Gasteiger partial charge in [-0.25, -0.2) is 0 Å². The zero-order valence-corrected chi connectivity index (χ0v) is 6.87. The maximum Gasteiger partial charge on any atom is 0.230 e. The molecule has 0 saturated carbocycles. The lowest BCUT2D eigenvalue weighted by atomic mass is 10.1. The fraction of sp³-hybridized carbons (Fsp3) is 1.00. The molecule has 0 aromatic carbocycles. The highest BCUT2D eigenvalue weighted by atomic mass is 16.6. The Balaban J connectivity index is 4.13. The first-order valence-electron chi connectivity index (χ1n) is 3.29. The summed E-state index contributed by atoms with van der Waals surface area (Å²) in [4.78, 5) is 0. The molecule has 0 rings (SSSR count). The van der Waals surface area contributed by atoms with Gasteiger partial charge in [-0.1, -0.05) is 13.8 Å². The van der Waals surface area contributed by atoms with E-state index in [1.54, 1.807) is 13.8 Å². The molecule has 0 bridgehead atoms. The molecule has 0 aromatic rings. The van der Waals surface area contributed by atoms with E-state index in [-0.39, 0.29) is 5.92 Å². The summed E-state index contributed by atoms with van der Waals surface area (Å²) in [5.74, 6) is -3.30. The monoisotopic (exact) mass is 163 g/mol. The van der Waals surface area contributed by atoms with Gasteiger partial charge in [-0.3, -0.25) is 28.7 Å². The van der Waals surface area contributed by atoms with E-state index in [0.717, 1.165) is 0 Å². The van der Waals surface area contributed by atoms with E-state index in [9.17, 15) is 0 Å². The molecule has 0 atom stereocenters. The Bertz CT molecular complexity index is 127. The Morgan fingerprint density at radius 2 is 1.36 bits per heavy atom. The molecule has 6 heteroatoms. The van der Waals surface area contributed by atoms with Crippen molar-refractivity contribution < 1.29 is 4.74 Å². The summed E-state index contributed by atoms with van der Waals surface area (Å²) in [6.07, 6.45) is 0. The molecule has 10 N–H and O–H groups in total. The van der Waals surface area contributed by atoms with E-state index in [1.165, 1.54) is 0 Å². The minimum atomic E-state index is -1.78. The van der Waals surface area contributed by atoms with Crippen molar-refractivity contribution in [3.63, 3.8) is 0 Å². The predicted molar refractivity (Wildman–Crippen MR) is 42.3 cm³/mol. The topological polar surface area (TPSA) is 139 Å². The quantitative estimate of drug-likeness (QED) is 0.297. The fourth-order valence-electron chi connectivity index (χ4n) is 0.424. The third-order valence-electron chi connectivity index (χ3n) is 1.26. The van der Waals surface area contributed by atoms with Crippen molar-refractivity contribution in [2.45, 2.75) is 25.7 Å². The first-order chi connectivity index (χ1) is 4.65. The van der Waals surface area contributed by atoms with Gasteiger partial charge in [-0.05, 0) is 0 Å². The van der Waals surface area contributed by atoms with E-state index in [4.69, 9.17) is 33.4 Å². The minimum absolute atomic E-state index is 0.127. The van der Waals surface area contributed by atoms with Crippen LogP contribution in [0.5, 0.6) is 0 Å². The van der Waals surface area contributed by atoms with Crippen molar-refractivity contribution in [2.75, 3.05) is 0 Å². The van der Waals surface area contributed by atoms with Crippen molar-refractivity contribution in [3.05, 3.63) is 0 Å². The summed E-state index contributed by atoms with van der Waals surface area (Å²) >= 11 is 0. The Hall–Kier alpha value is -0.240. The standard InChI is InChI=1S/C5H17N5O/c1-3(2)4(6,7)11-5(8,9)10/h3H,6-10H2,1-2H3. The number of nitrogens with two attached hydrogens (primary N) is 5. The second-order valence-corrected chi connectivity index (χ2v) is 2.96. The van der Waals surface area contributed by atoms with E-state index in [1.807, 2.05) is 0 Å². The van der Waals surface area contributed by atoms with Gasteiger partial charge in [0.1, 0.15) is 0 Å². The Kier molecular flexibility index (Phi) is 2.95. The second-order valence-electron chi connectivity index (χ2n) is 2.96. The summed E-state index contributed by atoms with van der Waals surface area (Å²) < 4.78 is 4.78. The summed E-state index contributed by atoms with van der Waals surface area (Å²) in [6, 6.07) is 0. The summed E-state index contributed by atoms with van der Waals surface area (Å²) in [5, 5.41) is 0. The molecular formula is C5H17N5O. The Morgan fingerprint density at radius 3 is 1.45 bits per heavy atom. The lowest BCUT2D eigenvalue weighted by molar-refractivity contribution is -0.166. The summed E-state index contributed by atoms with van der Waals surface area (Å²) in [7, 11) is 0. The SMILES string of the molecule is CC(C)C(N)(N)OC(N)(N)N. The normalized spacial score (nSPS) is 14.2. The molecular weight excluding hydrogens is 146 g/mol. The van der Waals surface area contributed by atoms with Gasteiger partial charge < -0.3 is 4.74 Å². The van der Waals surface area contributed by atoms with Gasteiger partial charge in [0.2, 0.25) is 5.97 Å². The van der Waals surface area contributed by atoms with E-state index >= 15 is 0 Å². The maximum absolute atomic E-state index is 5.46. The van der Waals surface area contributed by atoms with Crippen LogP contribution in [-0.2, 0) is 4.74 Å². The van der Waals surface area contributed by atoms with Crippen molar-refractivity contribution in [1.82, 2.24) is 0 Å². The predicted octanol–water partition coefficient (Wildman–Crippen LogP) is -2.28. The third-order valence-corrected chi connectivity index (χ3v) is 1.26. The minimum Gasteiger partial charge on any atom is -0.300 e. The fourth-order valence-corrected chi connectivity index (χ4v) is 0.424. The molecule has 0 radical (unpaired) electrons. The van der Waals surface area contributed by atoms with E-state index in [2.05, 4.69) is 0 Å². The van der Waals surface area contributed by atoms with Crippen molar-refractivity contribution in [2.24, 2.45) is 34.6 Å². The first-order valence-corrected chi connectivity index (χ1v) is 3.29. The van der Waals surface area contributed by atoms with Gasteiger partial charge in [0, 0.05) is 5.92 Å². The Morgan fingerprint density at radius 1 is 1.00 bits per heavy atom. The van der Waals surface area contributed by atoms with Crippen LogP contribution in [-0.4, -0.2) is 11.8 Å². The molecule has 0 unspecified atom stereocenters. The van der Waals surface area contributed by atoms with Gasteiger partial charge in [0.05, 0.1) is 0 Å². The number of hydrogen-bond acceptors (Lipinski definition) is 6. The summed E-state index contributed by atoms with van der Waals surface area (Å²) in [5.41, 5.74) is 26.3. The molecule has 0 spiro atoms. The van der Waals surface area contributed by atoms with Gasteiger partial charge in [-0.15, -0.1) is 0 Å². The molecule has 0 aliphatic carbocycles. The molecule has 0 fully saturated rings.